The molecule has 1 fully saturated rings. The van der Waals surface area contributed by atoms with Crippen LogP contribution >= 0.6 is 0 Å². The van der Waals surface area contributed by atoms with Gasteiger partial charge in [0.2, 0.25) is 5.91 Å². The van der Waals surface area contributed by atoms with Crippen molar-refractivity contribution in [1.29, 1.82) is 0 Å². The van der Waals surface area contributed by atoms with E-state index in [0.717, 1.165) is 0 Å². The van der Waals surface area contributed by atoms with Crippen molar-refractivity contribution >= 4 is 21.6 Å². The zero-order chi connectivity index (χ0) is 16.6. The maximum atomic E-state index is 11.9. The summed E-state index contributed by atoms with van der Waals surface area (Å²) in [5, 5.41) is 0. The summed E-state index contributed by atoms with van der Waals surface area (Å²) in [6.07, 6.45) is 3.37. The van der Waals surface area contributed by atoms with Crippen LogP contribution in [0.3, 0.4) is 0 Å². The Balaban J connectivity index is 1.97. The molecule has 0 aliphatic carbocycles. The van der Waals surface area contributed by atoms with Crippen molar-refractivity contribution in [3.05, 3.63) is 42.6 Å². The van der Waals surface area contributed by atoms with Gasteiger partial charge in [-0.1, -0.05) is 18.2 Å². The average Bonchev–Trinajstić information content (AvgIpc) is 2.86. The van der Waals surface area contributed by atoms with Crippen molar-refractivity contribution in [3.8, 4) is 11.1 Å². The van der Waals surface area contributed by atoms with E-state index in [1.54, 1.807) is 47.5 Å². The fourth-order valence-corrected chi connectivity index (χ4v) is 3.57. The van der Waals surface area contributed by atoms with Gasteiger partial charge in [-0.3, -0.25) is 9.69 Å². The molecule has 6 nitrogen and oxygen atoms in total. The van der Waals surface area contributed by atoms with E-state index in [1.165, 1.54) is 6.26 Å². The van der Waals surface area contributed by atoms with Crippen molar-refractivity contribution < 1.29 is 13.2 Å². The number of rotatable bonds is 3. The molecule has 3 rings (SSSR count). The van der Waals surface area contributed by atoms with Crippen LogP contribution in [0.25, 0.3) is 11.1 Å². The zero-order valence-electron chi connectivity index (χ0n) is 12.6. The Labute approximate surface area is 134 Å². The molecule has 1 saturated heterocycles. The number of nitrogens with two attached hydrogens (primary N) is 1. The second-order valence-corrected chi connectivity index (χ2v) is 7.54. The minimum atomic E-state index is -3.33. The number of carbonyl (C=O) groups excluding carboxylic acids is 1. The van der Waals surface area contributed by atoms with Crippen LogP contribution in [0.4, 0.5) is 5.82 Å². The number of hydrogen-bond donors (Lipinski definition) is 1. The molecule has 1 atom stereocenters. The molecule has 120 valence electrons. The van der Waals surface area contributed by atoms with E-state index >= 15 is 0 Å². The average molecular weight is 331 g/mol. The van der Waals surface area contributed by atoms with Gasteiger partial charge < -0.3 is 5.73 Å². The molecule has 0 radical (unpaired) electrons. The number of hydrogen-bond acceptors (Lipinski definition) is 5. The van der Waals surface area contributed by atoms with Crippen molar-refractivity contribution in [2.75, 3.05) is 17.7 Å². The predicted molar refractivity (Wildman–Crippen MR) is 87.7 cm³/mol. The molecule has 1 amide bonds. The first-order chi connectivity index (χ1) is 10.9. The largest absolute Gasteiger partial charge is 0.320 e. The predicted octanol–water partition coefficient (Wildman–Crippen LogP) is 1.22. The van der Waals surface area contributed by atoms with Crippen LogP contribution in [0.2, 0.25) is 0 Å². The SMILES string of the molecule is CS(=O)(=O)c1ccccc1-c1ccc(N2CCC(N)C2=O)nc1. The molecular formula is C16H17N3O3S. The summed E-state index contributed by atoms with van der Waals surface area (Å²) in [7, 11) is -3.33. The van der Waals surface area contributed by atoms with E-state index < -0.39 is 15.9 Å². The normalized spacial score (nSPS) is 18.4. The van der Waals surface area contributed by atoms with Crippen LogP contribution in [0.5, 0.6) is 0 Å². The monoisotopic (exact) mass is 331 g/mol. The number of amides is 1. The Bertz CT molecular complexity index is 847. The maximum Gasteiger partial charge on any atom is 0.245 e. The summed E-state index contributed by atoms with van der Waals surface area (Å²) in [5.74, 6) is 0.394. The van der Waals surface area contributed by atoms with Crippen LogP contribution in [-0.2, 0) is 14.6 Å². The van der Waals surface area contributed by atoms with E-state index in [9.17, 15) is 13.2 Å². The topological polar surface area (TPSA) is 93.4 Å². The highest BCUT2D eigenvalue weighted by Gasteiger charge is 2.30. The lowest BCUT2D eigenvalue weighted by atomic mass is 10.1. The highest BCUT2D eigenvalue weighted by Crippen LogP contribution is 2.28. The minimum absolute atomic E-state index is 0.137. The van der Waals surface area contributed by atoms with Gasteiger partial charge >= 0.3 is 0 Å². The van der Waals surface area contributed by atoms with E-state index in [4.69, 9.17) is 5.73 Å². The van der Waals surface area contributed by atoms with Crippen LogP contribution in [-0.4, -0.2) is 38.2 Å². The van der Waals surface area contributed by atoms with E-state index in [-0.39, 0.29) is 10.8 Å². The summed E-state index contributed by atoms with van der Waals surface area (Å²) in [5.41, 5.74) is 6.99. The molecule has 2 aromatic rings. The summed E-state index contributed by atoms with van der Waals surface area (Å²) in [6, 6.07) is 9.79. The van der Waals surface area contributed by atoms with Gasteiger partial charge in [0.15, 0.2) is 9.84 Å². The lowest BCUT2D eigenvalue weighted by molar-refractivity contribution is -0.118. The molecule has 1 aromatic heterocycles. The van der Waals surface area contributed by atoms with Crippen LogP contribution < -0.4 is 10.6 Å². The van der Waals surface area contributed by atoms with Crippen molar-refractivity contribution in [2.24, 2.45) is 5.73 Å². The number of pyridine rings is 1. The quantitative estimate of drug-likeness (QED) is 0.912. The lowest BCUT2D eigenvalue weighted by Gasteiger charge is -2.15. The molecule has 1 unspecified atom stereocenters. The number of sulfone groups is 1. The third kappa shape index (κ3) is 2.97. The smallest absolute Gasteiger partial charge is 0.245 e. The number of carbonyl (C=O) groups is 1. The first kappa shape index (κ1) is 15.6. The highest BCUT2D eigenvalue weighted by molar-refractivity contribution is 7.90. The Kier molecular flexibility index (Phi) is 3.91. The molecule has 0 spiro atoms. The van der Waals surface area contributed by atoms with Crippen molar-refractivity contribution in [3.63, 3.8) is 0 Å². The van der Waals surface area contributed by atoms with Gasteiger partial charge in [0, 0.05) is 30.1 Å². The van der Waals surface area contributed by atoms with Crippen LogP contribution in [0, 0.1) is 0 Å². The third-order valence-corrected chi connectivity index (χ3v) is 5.02. The maximum absolute atomic E-state index is 11.9. The molecule has 0 bridgehead atoms. The molecule has 1 aromatic carbocycles. The molecule has 1 aliphatic rings. The first-order valence-corrected chi connectivity index (χ1v) is 9.09. The summed E-state index contributed by atoms with van der Waals surface area (Å²) in [6.45, 7) is 0.548. The molecule has 0 saturated carbocycles. The molecule has 23 heavy (non-hydrogen) atoms. The minimum Gasteiger partial charge on any atom is -0.320 e. The molecular weight excluding hydrogens is 314 g/mol. The highest BCUT2D eigenvalue weighted by atomic mass is 32.2. The second-order valence-electron chi connectivity index (χ2n) is 5.56. The Hall–Kier alpha value is -2.25. The molecule has 2 heterocycles. The third-order valence-electron chi connectivity index (χ3n) is 3.87. The second kappa shape index (κ2) is 5.75. The van der Waals surface area contributed by atoms with Gasteiger partial charge in [-0.25, -0.2) is 13.4 Å². The Morgan fingerprint density at radius 3 is 2.52 bits per heavy atom. The Morgan fingerprint density at radius 2 is 1.96 bits per heavy atom. The van der Waals surface area contributed by atoms with Gasteiger partial charge in [-0.2, -0.15) is 0 Å². The summed E-state index contributed by atoms with van der Waals surface area (Å²) >= 11 is 0. The van der Waals surface area contributed by atoms with Gasteiger partial charge in [0.1, 0.15) is 5.82 Å². The van der Waals surface area contributed by atoms with Crippen LogP contribution in [0.1, 0.15) is 6.42 Å². The fraction of sp³-hybridized carbons (Fsp3) is 0.250. The summed E-state index contributed by atoms with van der Waals surface area (Å²) < 4.78 is 23.8. The van der Waals surface area contributed by atoms with Crippen molar-refractivity contribution in [1.82, 2.24) is 4.98 Å². The van der Waals surface area contributed by atoms with Crippen LogP contribution in [0.15, 0.2) is 47.5 Å². The standard InChI is InChI=1S/C16H17N3O3S/c1-23(21,22)14-5-3-2-4-12(14)11-6-7-15(18-10-11)19-9-8-13(17)16(19)20/h2-7,10,13H,8-9,17H2,1H3. The molecule has 7 heteroatoms. The first-order valence-electron chi connectivity index (χ1n) is 7.20. The van der Waals surface area contributed by atoms with Gasteiger partial charge in [0.05, 0.1) is 10.9 Å². The fourth-order valence-electron chi connectivity index (χ4n) is 2.66. The molecule has 2 N–H and O–H groups in total. The van der Waals surface area contributed by atoms with Gasteiger partial charge in [-0.05, 0) is 24.6 Å². The number of benzene rings is 1. The van der Waals surface area contributed by atoms with E-state index in [1.807, 2.05) is 0 Å². The zero-order valence-corrected chi connectivity index (χ0v) is 13.5. The summed E-state index contributed by atoms with van der Waals surface area (Å²) in [4.78, 5) is 18.0. The number of anilines is 1. The number of aromatic nitrogens is 1. The number of nitrogens with zero attached hydrogens (tertiary/aromatic N) is 2. The van der Waals surface area contributed by atoms with Gasteiger partial charge in [-0.15, -0.1) is 0 Å². The molecule has 1 aliphatic heterocycles. The van der Waals surface area contributed by atoms with E-state index in [2.05, 4.69) is 4.98 Å². The van der Waals surface area contributed by atoms with E-state index in [0.29, 0.717) is 29.9 Å². The Morgan fingerprint density at radius 1 is 1.22 bits per heavy atom. The van der Waals surface area contributed by atoms with Crippen molar-refractivity contribution in [2.45, 2.75) is 17.4 Å². The van der Waals surface area contributed by atoms with Gasteiger partial charge in [0.25, 0.3) is 0 Å². The lowest BCUT2D eigenvalue weighted by Crippen LogP contribution is -2.34.